The molecule has 0 bridgehead atoms. The molecule has 20 heavy (non-hydrogen) atoms. The van der Waals surface area contributed by atoms with Gasteiger partial charge in [0.25, 0.3) is 0 Å². The van der Waals surface area contributed by atoms with Gasteiger partial charge in [-0.1, -0.05) is 6.07 Å². The highest BCUT2D eigenvalue weighted by molar-refractivity contribution is 5.83. The van der Waals surface area contributed by atoms with Crippen molar-refractivity contribution in [2.24, 2.45) is 5.73 Å². The van der Waals surface area contributed by atoms with Crippen molar-refractivity contribution in [2.75, 3.05) is 0 Å². The van der Waals surface area contributed by atoms with Crippen LogP contribution in [0.4, 0.5) is 0 Å². The van der Waals surface area contributed by atoms with Crippen LogP contribution in [0.25, 0.3) is 10.9 Å². The van der Waals surface area contributed by atoms with E-state index in [0.717, 1.165) is 27.8 Å². The van der Waals surface area contributed by atoms with Gasteiger partial charge in [0.2, 0.25) is 0 Å². The van der Waals surface area contributed by atoms with Gasteiger partial charge < -0.3 is 20.6 Å². The molecule has 0 radical (unpaired) electrons. The number of hydrogen-bond acceptors (Lipinski definition) is 3. The van der Waals surface area contributed by atoms with Crippen molar-refractivity contribution < 1.29 is 9.84 Å². The number of nitrogens with one attached hydrogen (secondary N) is 1. The van der Waals surface area contributed by atoms with Crippen molar-refractivity contribution in [1.82, 2.24) is 4.98 Å². The topological polar surface area (TPSA) is 71.3 Å². The van der Waals surface area contributed by atoms with Gasteiger partial charge in [-0.3, -0.25) is 0 Å². The summed E-state index contributed by atoms with van der Waals surface area (Å²) in [6, 6.07) is 12.8. The Balaban J connectivity index is 1.81. The number of fused-ring (bicyclic) bond motifs is 1. The third kappa shape index (κ3) is 2.46. The van der Waals surface area contributed by atoms with Gasteiger partial charge >= 0.3 is 0 Å². The molecule has 1 heterocycles. The molecule has 3 rings (SSSR count). The number of ether oxygens (including phenoxy) is 1. The minimum atomic E-state index is 0.233. The van der Waals surface area contributed by atoms with Crippen LogP contribution < -0.4 is 10.5 Å². The average Bonchev–Trinajstić information content (AvgIpc) is 2.89. The Hall–Kier alpha value is -2.46. The number of rotatable bonds is 4. The fraction of sp³-hybridized carbons (Fsp3) is 0.125. The molecule has 0 aliphatic rings. The zero-order chi connectivity index (χ0) is 13.9. The third-order valence-electron chi connectivity index (χ3n) is 3.30. The highest BCUT2D eigenvalue weighted by Crippen LogP contribution is 2.22. The number of phenols is 1. The molecule has 0 unspecified atom stereocenters. The van der Waals surface area contributed by atoms with Crippen LogP contribution in [0.3, 0.4) is 0 Å². The summed E-state index contributed by atoms with van der Waals surface area (Å²) in [4.78, 5) is 3.22. The standard InChI is InChI=1S/C16H16N2O2/c17-8-11-1-6-16-15(7-11)12(9-18-16)10-20-14-4-2-13(19)3-5-14/h1-7,9,18-19H,8,10,17H2. The van der Waals surface area contributed by atoms with E-state index in [9.17, 15) is 5.11 Å². The summed E-state index contributed by atoms with van der Waals surface area (Å²) in [5, 5.41) is 10.4. The van der Waals surface area contributed by atoms with Crippen LogP contribution >= 0.6 is 0 Å². The maximum absolute atomic E-state index is 9.24. The van der Waals surface area contributed by atoms with Gasteiger partial charge in [0.1, 0.15) is 18.1 Å². The van der Waals surface area contributed by atoms with Crippen LogP contribution in [0.5, 0.6) is 11.5 Å². The normalized spacial score (nSPS) is 10.8. The molecular weight excluding hydrogens is 252 g/mol. The third-order valence-corrected chi connectivity index (χ3v) is 3.30. The van der Waals surface area contributed by atoms with Gasteiger partial charge in [-0.15, -0.1) is 0 Å². The molecular formula is C16H16N2O2. The summed E-state index contributed by atoms with van der Waals surface area (Å²) in [6.45, 7) is 0.998. The SMILES string of the molecule is NCc1ccc2[nH]cc(COc3ccc(O)cc3)c2c1. The second kappa shape index (κ2) is 5.27. The summed E-state index contributed by atoms with van der Waals surface area (Å²) in [5.74, 6) is 0.962. The van der Waals surface area contributed by atoms with Crippen LogP contribution in [-0.2, 0) is 13.2 Å². The number of aromatic amines is 1. The second-order valence-corrected chi connectivity index (χ2v) is 4.68. The van der Waals surface area contributed by atoms with E-state index in [1.165, 1.54) is 0 Å². The molecule has 0 spiro atoms. The first kappa shape index (κ1) is 12.6. The van der Waals surface area contributed by atoms with Gasteiger partial charge in [0, 0.05) is 29.2 Å². The first-order valence-corrected chi connectivity index (χ1v) is 6.47. The molecule has 4 N–H and O–H groups in total. The van der Waals surface area contributed by atoms with E-state index in [1.54, 1.807) is 24.3 Å². The van der Waals surface area contributed by atoms with Crippen LogP contribution in [0.15, 0.2) is 48.7 Å². The lowest BCUT2D eigenvalue weighted by molar-refractivity contribution is 0.307. The number of hydrogen-bond donors (Lipinski definition) is 3. The van der Waals surface area contributed by atoms with E-state index in [0.29, 0.717) is 13.2 Å². The van der Waals surface area contributed by atoms with Crippen molar-refractivity contribution in [3.63, 3.8) is 0 Å². The Morgan fingerprint density at radius 3 is 2.65 bits per heavy atom. The number of aromatic nitrogens is 1. The van der Waals surface area contributed by atoms with Crippen molar-refractivity contribution in [3.05, 3.63) is 59.8 Å². The number of nitrogens with two attached hydrogens (primary N) is 1. The lowest BCUT2D eigenvalue weighted by Gasteiger charge is -2.06. The van der Waals surface area contributed by atoms with Gasteiger partial charge in [0.15, 0.2) is 0 Å². The monoisotopic (exact) mass is 268 g/mol. The van der Waals surface area contributed by atoms with Gasteiger partial charge in [-0.05, 0) is 42.0 Å². The molecule has 0 saturated carbocycles. The summed E-state index contributed by atoms with van der Waals surface area (Å²) in [5.41, 5.74) is 8.94. The number of phenolic OH excluding ortho intramolecular Hbond substituents is 1. The van der Waals surface area contributed by atoms with E-state index < -0.39 is 0 Å². The fourth-order valence-electron chi connectivity index (χ4n) is 2.18. The van der Waals surface area contributed by atoms with E-state index >= 15 is 0 Å². The molecule has 2 aromatic carbocycles. The Labute approximate surface area is 116 Å². The quantitative estimate of drug-likeness (QED) is 0.681. The zero-order valence-corrected chi connectivity index (χ0v) is 11.0. The Morgan fingerprint density at radius 2 is 1.90 bits per heavy atom. The number of aromatic hydroxyl groups is 1. The average molecular weight is 268 g/mol. The maximum Gasteiger partial charge on any atom is 0.120 e. The van der Waals surface area contributed by atoms with E-state index in [-0.39, 0.29) is 5.75 Å². The molecule has 102 valence electrons. The van der Waals surface area contributed by atoms with Crippen molar-refractivity contribution in [1.29, 1.82) is 0 Å². The van der Waals surface area contributed by atoms with Crippen LogP contribution in [0, 0.1) is 0 Å². The Kier molecular flexibility index (Phi) is 3.31. The number of benzene rings is 2. The first-order chi connectivity index (χ1) is 9.76. The predicted octanol–water partition coefficient (Wildman–Crippen LogP) is 2.91. The molecule has 4 heteroatoms. The maximum atomic E-state index is 9.24. The van der Waals surface area contributed by atoms with Crippen LogP contribution in [0.1, 0.15) is 11.1 Å². The molecule has 0 atom stereocenters. The highest BCUT2D eigenvalue weighted by Gasteiger charge is 2.05. The Bertz CT molecular complexity index is 717. The smallest absolute Gasteiger partial charge is 0.120 e. The lowest BCUT2D eigenvalue weighted by atomic mass is 10.1. The largest absolute Gasteiger partial charge is 0.508 e. The van der Waals surface area contributed by atoms with E-state index in [2.05, 4.69) is 11.1 Å². The minimum absolute atomic E-state index is 0.233. The van der Waals surface area contributed by atoms with E-state index in [4.69, 9.17) is 10.5 Å². The molecule has 0 saturated heterocycles. The van der Waals surface area contributed by atoms with Gasteiger partial charge in [-0.25, -0.2) is 0 Å². The van der Waals surface area contributed by atoms with Crippen molar-refractivity contribution in [2.45, 2.75) is 13.2 Å². The van der Waals surface area contributed by atoms with Crippen molar-refractivity contribution >= 4 is 10.9 Å². The first-order valence-electron chi connectivity index (χ1n) is 6.47. The van der Waals surface area contributed by atoms with E-state index in [1.807, 2.05) is 18.3 Å². The molecule has 0 aliphatic heterocycles. The predicted molar refractivity (Wildman–Crippen MR) is 78.6 cm³/mol. The fourth-order valence-corrected chi connectivity index (χ4v) is 2.18. The minimum Gasteiger partial charge on any atom is -0.508 e. The van der Waals surface area contributed by atoms with Gasteiger partial charge in [-0.2, -0.15) is 0 Å². The molecule has 0 aliphatic carbocycles. The Morgan fingerprint density at radius 1 is 1.10 bits per heavy atom. The molecule has 4 nitrogen and oxygen atoms in total. The summed E-state index contributed by atoms with van der Waals surface area (Å²) in [7, 11) is 0. The molecule has 3 aromatic rings. The summed E-state index contributed by atoms with van der Waals surface area (Å²) >= 11 is 0. The van der Waals surface area contributed by atoms with Crippen LogP contribution in [0.2, 0.25) is 0 Å². The lowest BCUT2D eigenvalue weighted by Crippen LogP contribution is -1.97. The summed E-state index contributed by atoms with van der Waals surface area (Å²) in [6.07, 6.45) is 1.95. The molecule has 0 fully saturated rings. The van der Waals surface area contributed by atoms with Crippen LogP contribution in [-0.4, -0.2) is 10.1 Å². The number of H-pyrrole nitrogens is 1. The van der Waals surface area contributed by atoms with Gasteiger partial charge in [0.05, 0.1) is 0 Å². The van der Waals surface area contributed by atoms with Crippen molar-refractivity contribution in [3.8, 4) is 11.5 Å². The zero-order valence-electron chi connectivity index (χ0n) is 11.0. The summed E-state index contributed by atoms with van der Waals surface area (Å²) < 4.78 is 5.72. The molecule has 1 aromatic heterocycles. The molecule has 0 amide bonds. The second-order valence-electron chi connectivity index (χ2n) is 4.68. The highest BCUT2D eigenvalue weighted by atomic mass is 16.5.